The Bertz CT molecular complexity index is 714. The van der Waals surface area contributed by atoms with Crippen molar-refractivity contribution in [2.75, 3.05) is 0 Å². The van der Waals surface area contributed by atoms with Gasteiger partial charge in [0.1, 0.15) is 4.90 Å². The lowest BCUT2D eigenvalue weighted by Crippen LogP contribution is -2.23. The van der Waals surface area contributed by atoms with Gasteiger partial charge in [-0.2, -0.15) is 13.2 Å². The van der Waals surface area contributed by atoms with Gasteiger partial charge in [-0.15, -0.1) is 0 Å². The van der Waals surface area contributed by atoms with Gasteiger partial charge in [0, 0.05) is 23.6 Å². The summed E-state index contributed by atoms with van der Waals surface area (Å²) in [5, 5.41) is 0.0924. The average Bonchev–Trinajstić information content (AvgIpc) is 2.51. The van der Waals surface area contributed by atoms with E-state index in [4.69, 9.17) is 0 Å². The summed E-state index contributed by atoms with van der Waals surface area (Å²) >= 11 is 0. The van der Waals surface area contributed by atoms with Crippen LogP contribution in [0.5, 0.6) is 0 Å². The molecule has 0 radical (unpaired) electrons. The van der Waals surface area contributed by atoms with Crippen molar-refractivity contribution < 1.29 is 21.6 Å². The maximum atomic E-state index is 12.6. The first-order chi connectivity index (χ1) is 8.18. The molecule has 2 rings (SSSR count). The summed E-state index contributed by atoms with van der Waals surface area (Å²) in [7, 11) is -3.80. The van der Waals surface area contributed by atoms with Crippen molar-refractivity contribution in [3.63, 3.8) is 0 Å². The van der Waals surface area contributed by atoms with E-state index in [2.05, 4.69) is 0 Å². The number of aromatic nitrogens is 1. The van der Waals surface area contributed by atoms with Crippen LogP contribution in [-0.2, 0) is 16.9 Å². The van der Waals surface area contributed by atoms with Gasteiger partial charge in [-0.1, -0.05) is 18.2 Å². The van der Waals surface area contributed by atoms with Crippen LogP contribution in [0.3, 0.4) is 0 Å². The fourth-order valence-electron chi connectivity index (χ4n) is 1.94. The van der Waals surface area contributed by atoms with E-state index in [1.54, 1.807) is 12.1 Å². The molecule has 0 spiro atoms. The lowest BCUT2D eigenvalue weighted by Gasteiger charge is -2.08. The van der Waals surface area contributed by atoms with E-state index in [0.717, 1.165) is 0 Å². The number of benzene rings is 1. The highest BCUT2D eigenvalue weighted by atomic mass is 32.2. The first-order valence-electron chi connectivity index (χ1n) is 5.03. The Balaban J connectivity index is 2.94. The van der Waals surface area contributed by atoms with Crippen molar-refractivity contribution in [2.45, 2.75) is 17.3 Å². The molecule has 0 fully saturated rings. The number of fused-ring (bicyclic) bond motifs is 1. The minimum atomic E-state index is -5.33. The molecule has 1 aromatic carbocycles. The lowest BCUT2D eigenvalue weighted by atomic mass is 10.2. The summed E-state index contributed by atoms with van der Waals surface area (Å²) in [6.07, 6.45) is 0. The van der Waals surface area contributed by atoms with Gasteiger partial charge in [-0.3, -0.25) is 0 Å². The van der Waals surface area contributed by atoms with Crippen LogP contribution in [0.2, 0.25) is 0 Å². The maximum absolute atomic E-state index is 12.6. The number of alkyl halides is 3. The van der Waals surface area contributed by atoms with Crippen LogP contribution in [-0.4, -0.2) is 18.5 Å². The quantitative estimate of drug-likeness (QED) is 0.804. The summed E-state index contributed by atoms with van der Waals surface area (Å²) in [6, 6.07) is 6.11. The Labute approximate surface area is 102 Å². The molecule has 2 aromatic rings. The molecule has 0 unspecified atom stereocenters. The van der Waals surface area contributed by atoms with Gasteiger partial charge in [-0.25, -0.2) is 8.42 Å². The Morgan fingerprint density at radius 3 is 2.28 bits per heavy atom. The molecule has 0 saturated carbocycles. The van der Waals surface area contributed by atoms with Crippen LogP contribution in [0.1, 0.15) is 5.69 Å². The zero-order valence-corrected chi connectivity index (χ0v) is 10.4. The molecule has 1 aromatic heterocycles. The number of sulfone groups is 1. The number of para-hydroxylation sites is 1. The number of hydrogen-bond donors (Lipinski definition) is 0. The second kappa shape index (κ2) is 3.74. The normalized spacial score (nSPS) is 13.2. The summed E-state index contributed by atoms with van der Waals surface area (Å²) in [5.74, 6) is 0. The van der Waals surface area contributed by atoms with Crippen molar-refractivity contribution in [2.24, 2.45) is 7.05 Å². The molecule has 7 heteroatoms. The maximum Gasteiger partial charge on any atom is 0.502 e. The van der Waals surface area contributed by atoms with Gasteiger partial charge in [-0.05, 0) is 13.0 Å². The van der Waals surface area contributed by atoms with Gasteiger partial charge >= 0.3 is 5.51 Å². The van der Waals surface area contributed by atoms with E-state index in [0.29, 0.717) is 5.52 Å². The highest BCUT2D eigenvalue weighted by Crippen LogP contribution is 2.37. The molecule has 0 bridgehead atoms. The third-order valence-corrected chi connectivity index (χ3v) is 4.58. The highest BCUT2D eigenvalue weighted by Gasteiger charge is 2.49. The van der Waals surface area contributed by atoms with Gasteiger partial charge in [0.2, 0.25) is 0 Å². The van der Waals surface area contributed by atoms with E-state index in [9.17, 15) is 21.6 Å². The van der Waals surface area contributed by atoms with Crippen molar-refractivity contribution in [1.82, 2.24) is 4.57 Å². The van der Waals surface area contributed by atoms with Crippen LogP contribution < -0.4 is 0 Å². The number of hydrogen-bond acceptors (Lipinski definition) is 2. The second-order valence-corrected chi connectivity index (χ2v) is 5.82. The van der Waals surface area contributed by atoms with Crippen LogP contribution in [0.25, 0.3) is 10.9 Å². The first-order valence-corrected chi connectivity index (χ1v) is 6.51. The molecule has 1 heterocycles. The van der Waals surface area contributed by atoms with Crippen LogP contribution >= 0.6 is 0 Å². The molecule has 0 aliphatic rings. The second-order valence-electron chi connectivity index (χ2n) is 3.94. The zero-order chi connectivity index (χ0) is 13.7. The molecular weight excluding hydrogens is 267 g/mol. The SMILES string of the molecule is Cc1c(S(=O)(=O)C(F)(F)F)c2ccccc2n1C. The molecule has 3 nitrogen and oxygen atoms in total. The number of halogens is 3. The third kappa shape index (κ3) is 1.61. The number of nitrogens with zero attached hydrogens (tertiary/aromatic N) is 1. The van der Waals surface area contributed by atoms with Gasteiger partial charge in [0.05, 0.1) is 0 Å². The summed E-state index contributed by atoms with van der Waals surface area (Å²) in [4.78, 5) is -0.659. The molecule has 0 saturated heterocycles. The Hall–Kier alpha value is -1.50. The largest absolute Gasteiger partial charge is 0.502 e. The molecule has 98 valence electrons. The van der Waals surface area contributed by atoms with Crippen molar-refractivity contribution >= 4 is 20.7 Å². The van der Waals surface area contributed by atoms with Crippen molar-refractivity contribution in [3.05, 3.63) is 30.0 Å². The van der Waals surface area contributed by atoms with Gasteiger partial charge in [0.25, 0.3) is 9.84 Å². The van der Waals surface area contributed by atoms with Crippen LogP contribution in [0.15, 0.2) is 29.2 Å². The highest BCUT2D eigenvalue weighted by molar-refractivity contribution is 7.92. The van der Waals surface area contributed by atoms with Crippen molar-refractivity contribution in [3.8, 4) is 0 Å². The number of aryl methyl sites for hydroxylation is 1. The molecule has 0 aliphatic carbocycles. The van der Waals surface area contributed by atoms with Crippen LogP contribution in [0, 0.1) is 6.92 Å². The molecule has 18 heavy (non-hydrogen) atoms. The van der Waals surface area contributed by atoms with Gasteiger partial charge in [0.15, 0.2) is 0 Å². The third-order valence-electron chi connectivity index (χ3n) is 2.92. The van der Waals surface area contributed by atoms with E-state index in [1.807, 2.05) is 0 Å². The Kier molecular flexibility index (Phi) is 2.69. The summed E-state index contributed by atoms with van der Waals surface area (Å²) in [5.41, 5.74) is -4.76. The van der Waals surface area contributed by atoms with Crippen LogP contribution in [0.4, 0.5) is 13.2 Å². The zero-order valence-electron chi connectivity index (χ0n) is 9.62. The van der Waals surface area contributed by atoms with Gasteiger partial charge < -0.3 is 4.57 Å². The Morgan fingerprint density at radius 2 is 1.72 bits per heavy atom. The van der Waals surface area contributed by atoms with E-state index in [-0.39, 0.29) is 11.1 Å². The Morgan fingerprint density at radius 1 is 1.17 bits per heavy atom. The smallest absolute Gasteiger partial charge is 0.347 e. The molecule has 0 N–H and O–H groups in total. The molecule has 0 amide bonds. The minimum Gasteiger partial charge on any atom is -0.347 e. The summed E-state index contributed by atoms with van der Waals surface area (Å²) in [6.45, 7) is 1.36. The monoisotopic (exact) mass is 277 g/mol. The number of rotatable bonds is 1. The van der Waals surface area contributed by atoms with E-state index >= 15 is 0 Å². The fraction of sp³-hybridized carbons (Fsp3) is 0.273. The topological polar surface area (TPSA) is 39.1 Å². The minimum absolute atomic E-state index is 0.0773. The predicted octanol–water partition coefficient (Wildman–Crippen LogP) is 2.78. The van der Waals surface area contributed by atoms with E-state index in [1.165, 1.54) is 30.7 Å². The predicted molar refractivity (Wildman–Crippen MR) is 60.9 cm³/mol. The molecular formula is C11H10F3NO2S. The fourth-order valence-corrected chi connectivity index (χ4v) is 3.16. The lowest BCUT2D eigenvalue weighted by molar-refractivity contribution is -0.0435. The molecule has 0 atom stereocenters. The average molecular weight is 277 g/mol. The summed E-state index contributed by atoms with van der Waals surface area (Å²) < 4.78 is 62.5. The first kappa shape index (κ1) is 12.9. The van der Waals surface area contributed by atoms with E-state index < -0.39 is 20.2 Å². The standard InChI is InChI=1S/C11H10F3NO2S/c1-7-10(18(16,17)11(12,13)14)8-5-3-4-6-9(8)15(7)2/h3-6H,1-2H3. The van der Waals surface area contributed by atoms with Crippen molar-refractivity contribution in [1.29, 1.82) is 0 Å². The molecule has 0 aliphatic heterocycles.